The largest absolute Gasteiger partial charge is 0.193 e. The Bertz CT molecular complexity index is 208. The van der Waals surface area contributed by atoms with E-state index in [1.165, 1.54) is 63.4 Å². The predicted octanol–water partition coefficient (Wildman–Crippen LogP) is 4.74. The van der Waals surface area contributed by atoms with Crippen LogP contribution in [0.15, 0.2) is 11.6 Å². The van der Waals surface area contributed by atoms with Gasteiger partial charge in [0.1, 0.15) is 0 Å². The number of allylic oxidation sites excluding steroid dienone is 2. The third-order valence-electron chi connectivity index (χ3n) is 3.26. The van der Waals surface area contributed by atoms with Crippen LogP contribution in [0, 0.1) is 11.3 Å². The number of hydrogen-bond acceptors (Lipinski definition) is 1. The van der Waals surface area contributed by atoms with Crippen molar-refractivity contribution in [1.29, 1.82) is 5.26 Å². The molecular formula is C14H23N. The van der Waals surface area contributed by atoms with Crippen LogP contribution in [0.2, 0.25) is 0 Å². The van der Waals surface area contributed by atoms with Crippen LogP contribution in [-0.2, 0) is 0 Å². The van der Waals surface area contributed by atoms with Gasteiger partial charge in [0.2, 0.25) is 0 Å². The van der Waals surface area contributed by atoms with Crippen molar-refractivity contribution in [3.8, 4) is 6.07 Å². The summed E-state index contributed by atoms with van der Waals surface area (Å²) in [7, 11) is 0. The molecule has 0 heterocycles. The maximum Gasteiger partial charge on any atom is 0.0911 e. The first kappa shape index (κ1) is 12.3. The Morgan fingerprint density at radius 1 is 0.733 bits per heavy atom. The van der Waals surface area contributed by atoms with E-state index in [-0.39, 0.29) is 0 Å². The number of nitriles is 1. The molecule has 1 fully saturated rings. The molecule has 0 N–H and O–H groups in total. The van der Waals surface area contributed by atoms with Crippen LogP contribution in [0.25, 0.3) is 0 Å². The van der Waals surface area contributed by atoms with Crippen LogP contribution in [0.5, 0.6) is 0 Å². The molecule has 84 valence electrons. The summed E-state index contributed by atoms with van der Waals surface area (Å²) in [6.07, 6.45) is 16.4. The average molecular weight is 205 g/mol. The van der Waals surface area contributed by atoms with Gasteiger partial charge < -0.3 is 0 Å². The van der Waals surface area contributed by atoms with E-state index < -0.39 is 0 Å². The van der Waals surface area contributed by atoms with Gasteiger partial charge in [-0.25, -0.2) is 0 Å². The van der Waals surface area contributed by atoms with Crippen LogP contribution in [0.3, 0.4) is 0 Å². The van der Waals surface area contributed by atoms with Crippen molar-refractivity contribution in [2.75, 3.05) is 0 Å². The molecule has 0 radical (unpaired) electrons. The van der Waals surface area contributed by atoms with E-state index >= 15 is 0 Å². The van der Waals surface area contributed by atoms with Crippen molar-refractivity contribution >= 4 is 0 Å². The van der Waals surface area contributed by atoms with Gasteiger partial charge in [-0.3, -0.25) is 0 Å². The fourth-order valence-electron chi connectivity index (χ4n) is 2.30. The summed E-state index contributed by atoms with van der Waals surface area (Å²) in [6.45, 7) is 0. The minimum absolute atomic E-state index is 1.16. The predicted molar refractivity (Wildman–Crippen MR) is 64.5 cm³/mol. The zero-order valence-electron chi connectivity index (χ0n) is 9.80. The second kappa shape index (κ2) is 8.53. The minimum Gasteiger partial charge on any atom is -0.193 e. The summed E-state index contributed by atoms with van der Waals surface area (Å²) in [5, 5.41) is 8.68. The Morgan fingerprint density at radius 3 is 1.53 bits per heavy atom. The van der Waals surface area contributed by atoms with Crippen LogP contribution in [0.1, 0.15) is 70.6 Å². The van der Waals surface area contributed by atoms with Gasteiger partial charge in [-0.2, -0.15) is 5.26 Å². The lowest BCUT2D eigenvalue weighted by Gasteiger charge is -2.08. The quantitative estimate of drug-likeness (QED) is 0.524. The van der Waals surface area contributed by atoms with Crippen LogP contribution < -0.4 is 0 Å². The maximum absolute atomic E-state index is 8.68. The molecule has 0 atom stereocenters. The summed E-state index contributed by atoms with van der Waals surface area (Å²) in [6, 6.07) is 2.19. The molecule has 0 aromatic carbocycles. The van der Waals surface area contributed by atoms with Crippen molar-refractivity contribution < 1.29 is 0 Å². The summed E-state index contributed by atoms with van der Waals surface area (Å²) in [5.41, 5.74) is 1.39. The van der Waals surface area contributed by atoms with E-state index in [1.54, 1.807) is 6.08 Å². The van der Waals surface area contributed by atoms with E-state index in [9.17, 15) is 0 Å². The summed E-state index contributed by atoms with van der Waals surface area (Å²) in [4.78, 5) is 0. The number of hydrogen-bond donors (Lipinski definition) is 0. The second-order valence-corrected chi connectivity index (χ2v) is 4.61. The molecule has 1 heteroatoms. The van der Waals surface area contributed by atoms with Crippen LogP contribution in [0.4, 0.5) is 0 Å². The standard InChI is InChI=1S/C14H23N/c15-13-12-14-10-8-6-4-2-1-3-5-7-9-11-14/h12H,1-11H2. The normalized spacial score (nSPS) is 20.9. The Balaban J connectivity index is 2.33. The van der Waals surface area contributed by atoms with Crippen molar-refractivity contribution in [1.82, 2.24) is 0 Å². The average Bonchev–Trinajstić information content (AvgIpc) is 2.22. The van der Waals surface area contributed by atoms with E-state index in [1.807, 2.05) is 0 Å². The minimum atomic E-state index is 1.16. The first-order valence-corrected chi connectivity index (χ1v) is 6.51. The van der Waals surface area contributed by atoms with Crippen molar-refractivity contribution in [2.45, 2.75) is 70.6 Å². The highest BCUT2D eigenvalue weighted by atomic mass is 14.2. The molecule has 1 nitrogen and oxygen atoms in total. The highest BCUT2D eigenvalue weighted by Gasteiger charge is 2.01. The third-order valence-corrected chi connectivity index (χ3v) is 3.26. The van der Waals surface area contributed by atoms with Gasteiger partial charge in [0.15, 0.2) is 0 Å². The molecule has 0 aromatic rings. The highest BCUT2D eigenvalue weighted by Crippen LogP contribution is 2.19. The molecule has 0 spiro atoms. The molecule has 1 aliphatic rings. The molecule has 0 unspecified atom stereocenters. The van der Waals surface area contributed by atoms with E-state index in [4.69, 9.17) is 5.26 Å². The van der Waals surface area contributed by atoms with Crippen LogP contribution in [-0.4, -0.2) is 0 Å². The molecule has 0 bridgehead atoms. The van der Waals surface area contributed by atoms with Crippen molar-refractivity contribution in [3.63, 3.8) is 0 Å². The summed E-state index contributed by atoms with van der Waals surface area (Å²) in [5.74, 6) is 0. The molecule has 1 aliphatic carbocycles. The van der Waals surface area contributed by atoms with E-state index in [2.05, 4.69) is 6.07 Å². The molecule has 0 amide bonds. The Morgan fingerprint density at radius 2 is 1.13 bits per heavy atom. The van der Waals surface area contributed by atoms with Crippen LogP contribution >= 0.6 is 0 Å². The Hall–Kier alpha value is -0.770. The summed E-state index contributed by atoms with van der Waals surface area (Å²) < 4.78 is 0. The zero-order chi connectivity index (χ0) is 10.8. The third kappa shape index (κ3) is 6.33. The lowest BCUT2D eigenvalue weighted by molar-refractivity contribution is 0.540. The fraction of sp³-hybridized carbons (Fsp3) is 0.786. The van der Waals surface area contributed by atoms with Gasteiger partial charge in [0.25, 0.3) is 0 Å². The monoisotopic (exact) mass is 205 g/mol. The van der Waals surface area contributed by atoms with Crippen molar-refractivity contribution in [3.05, 3.63) is 11.6 Å². The fourth-order valence-corrected chi connectivity index (χ4v) is 2.30. The van der Waals surface area contributed by atoms with Gasteiger partial charge in [0, 0.05) is 6.08 Å². The topological polar surface area (TPSA) is 23.8 Å². The first-order chi connectivity index (χ1) is 7.43. The first-order valence-electron chi connectivity index (χ1n) is 6.51. The molecule has 15 heavy (non-hydrogen) atoms. The molecular weight excluding hydrogens is 182 g/mol. The molecule has 0 aromatic heterocycles. The smallest absolute Gasteiger partial charge is 0.0911 e. The lowest BCUT2D eigenvalue weighted by atomic mass is 9.97. The number of nitrogens with zero attached hydrogens (tertiary/aromatic N) is 1. The second-order valence-electron chi connectivity index (χ2n) is 4.61. The Kier molecular flexibility index (Phi) is 7.00. The molecule has 0 aliphatic heterocycles. The zero-order valence-corrected chi connectivity index (χ0v) is 9.80. The van der Waals surface area contributed by atoms with Gasteiger partial charge >= 0.3 is 0 Å². The maximum atomic E-state index is 8.68. The number of rotatable bonds is 0. The molecule has 1 rings (SSSR count). The highest BCUT2D eigenvalue weighted by molar-refractivity contribution is 5.13. The summed E-state index contributed by atoms with van der Waals surface area (Å²) >= 11 is 0. The molecule has 1 saturated carbocycles. The van der Waals surface area contributed by atoms with Crippen molar-refractivity contribution in [2.24, 2.45) is 0 Å². The van der Waals surface area contributed by atoms with Gasteiger partial charge in [0.05, 0.1) is 6.07 Å². The molecule has 0 saturated heterocycles. The van der Waals surface area contributed by atoms with E-state index in [0.717, 1.165) is 12.8 Å². The lowest BCUT2D eigenvalue weighted by Crippen LogP contribution is -1.89. The van der Waals surface area contributed by atoms with Gasteiger partial charge in [-0.1, -0.05) is 50.5 Å². The van der Waals surface area contributed by atoms with Gasteiger partial charge in [-0.05, 0) is 25.7 Å². The SMILES string of the molecule is N#CC=C1CCCCCCCCCCC1. The van der Waals surface area contributed by atoms with Gasteiger partial charge in [-0.15, -0.1) is 0 Å². The van der Waals surface area contributed by atoms with E-state index in [0.29, 0.717) is 0 Å². The Labute approximate surface area is 94.2 Å².